The third-order valence-corrected chi connectivity index (χ3v) is 3.23. The molecule has 6 heteroatoms. The Balaban J connectivity index is 2.07. The van der Waals surface area contributed by atoms with Gasteiger partial charge in [-0.1, -0.05) is 30.3 Å². The molecular formula is C19H22O6. The molecule has 2 aromatic carbocycles. The number of methoxy groups -OCH3 is 1. The molecule has 2 aromatic rings. The Morgan fingerprint density at radius 3 is 2.36 bits per heavy atom. The van der Waals surface area contributed by atoms with Crippen LogP contribution in [0.1, 0.15) is 31.1 Å². The van der Waals surface area contributed by atoms with Crippen LogP contribution in [0.3, 0.4) is 0 Å². The molecule has 0 saturated carbocycles. The summed E-state index contributed by atoms with van der Waals surface area (Å²) >= 11 is 0. The average Bonchev–Trinajstić information content (AvgIpc) is 2.58. The fourth-order valence-electron chi connectivity index (χ4n) is 2.07. The molecule has 0 N–H and O–H groups in total. The number of rotatable bonds is 6. The Hall–Kier alpha value is -2.44. The van der Waals surface area contributed by atoms with Crippen LogP contribution in [0.4, 0.5) is 0 Å². The summed E-state index contributed by atoms with van der Waals surface area (Å²) in [7, 11) is 1.21. The van der Waals surface area contributed by atoms with Gasteiger partial charge in [-0.15, -0.1) is 0 Å². The second kappa shape index (κ2) is 8.09. The van der Waals surface area contributed by atoms with Gasteiger partial charge >= 0.3 is 11.9 Å². The molecule has 0 amide bonds. The van der Waals surface area contributed by atoms with Crippen LogP contribution < -0.4 is 0 Å². The van der Waals surface area contributed by atoms with E-state index in [0.717, 1.165) is 10.8 Å². The van der Waals surface area contributed by atoms with E-state index in [4.69, 9.17) is 14.5 Å². The van der Waals surface area contributed by atoms with Crippen LogP contribution >= 0.6 is 0 Å². The van der Waals surface area contributed by atoms with E-state index in [0.29, 0.717) is 5.56 Å². The van der Waals surface area contributed by atoms with Crippen molar-refractivity contribution in [3.63, 3.8) is 0 Å². The Morgan fingerprint density at radius 2 is 1.72 bits per heavy atom. The lowest BCUT2D eigenvalue weighted by Crippen LogP contribution is -2.34. The number of carbonyl (C=O) groups is 2. The van der Waals surface area contributed by atoms with Gasteiger partial charge in [0.2, 0.25) is 6.10 Å². The molecule has 6 nitrogen and oxygen atoms in total. The van der Waals surface area contributed by atoms with Crippen molar-refractivity contribution in [3.05, 3.63) is 48.0 Å². The number of hydrogen-bond donors (Lipinski definition) is 0. The van der Waals surface area contributed by atoms with Crippen LogP contribution in [0, 0.1) is 0 Å². The average molecular weight is 346 g/mol. The zero-order chi connectivity index (χ0) is 18.4. The second-order valence-corrected chi connectivity index (χ2v) is 6.46. The van der Waals surface area contributed by atoms with Gasteiger partial charge in [-0.2, -0.15) is 0 Å². The predicted molar refractivity (Wildman–Crippen MR) is 92.0 cm³/mol. The molecule has 1 atom stereocenters. The maximum absolute atomic E-state index is 12.4. The van der Waals surface area contributed by atoms with Crippen LogP contribution in [0.5, 0.6) is 0 Å². The van der Waals surface area contributed by atoms with Gasteiger partial charge in [-0.3, -0.25) is 0 Å². The summed E-state index contributed by atoms with van der Waals surface area (Å²) in [6.07, 6.45) is -1.22. The number of carbonyl (C=O) groups excluding carboxylic acids is 2. The van der Waals surface area contributed by atoms with Crippen LogP contribution in [-0.2, 0) is 24.0 Å². The summed E-state index contributed by atoms with van der Waals surface area (Å²) in [6.45, 7) is 5.12. The first-order valence-corrected chi connectivity index (χ1v) is 7.88. The molecule has 0 aromatic heterocycles. The molecule has 0 saturated heterocycles. The number of fused-ring (bicyclic) bond motifs is 1. The summed E-state index contributed by atoms with van der Waals surface area (Å²) in [5.74, 6) is -1.35. The lowest BCUT2D eigenvalue weighted by atomic mass is 10.1. The monoisotopic (exact) mass is 346 g/mol. The predicted octanol–water partition coefficient (Wildman–Crippen LogP) is 3.28. The molecule has 2 rings (SSSR count). The Morgan fingerprint density at radius 1 is 1.04 bits per heavy atom. The molecule has 0 aliphatic rings. The summed E-state index contributed by atoms with van der Waals surface area (Å²) in [5.41, 5.74) is -0.215. The van der Waals surface area contributed by atoms with Gasteiger partial charge in [-0.05, 0) is 43.7 Å². The number of ether oxygens (including phenoxy) is 2. The van der Waals surface area contributed by atoms with E-state index in [1.54, 1.807) is 32.9 Å². The maximum atomic E-state index is 12.4. The Bertz CT molecular complexity index is 747. The molecule has 0 unspecified atom stereocenters. The third-order valence-electron chi connectivity index (χ3n) is 3.23. The lowest BCUT2D eigenvalue weighted by Gasteiger charge is -2.20. The smallest absolute Gasteiger partial charge is 0.349 e. The lowest BCUT2D eigenvalue weighted by molar-refractivity contribution is -0.354. The van der Waals surface area contributed by atoms with Crippen molar-refractivity contribution in [2.24, 2.45) is 0 Å². The van der Waals surface area contributed by atoms with Crippen molar-refractivity contribution in [1.29, 1.82) is 0 Å². The van der Waals surface area contributed by atoms with Crippen LogP contribution in [0.2, 0.25) is 0 Å². The Kier molecular flexibility index (Phi) is 6.12. The first-order valence-electron chi connectivity index (χ1n) is 7.88. The molecule has 0 fully saturated rings. The van der Waals surface area contributed by atoms with Crippen molar-refractivity contribution < 1.29 is 28.8 Å². The maximum Gasteiger partial charge on any atom is 0.349 e. The zero-order valence-electron chi connectivity index (χ0n) is 14.8. The third kappa shape index (κ3) is 5.55. The van der Waals surface area contributed by atoms with E-state index in [1.807, 2.05) is 30.3 Å². The van der Waals surface area contributed by atoms with Crippen molar-refractivity contribution in [1.82, 2.24) is 0 Å². The highest BCUT2D eigenvalue weighted by Gasteiger charge is 2.26. The van der Waals surface area contributed by atoms with E-state index in [-0.39, 0.29) is 6.61 Å². The molecule has 0 aliphatic carbocycles. The standard InChI is InChI=1S/C19H22O6/c1-19(2,3)25-23-12-16(18(21)22-4)24-17(20)15-10-9-13-7-5-6-8-14(13)11-15/h5-11,16H,12H2,1-4H3/t16-/m1/s1. The van der Waals surface area contributed by atoms with Crippen molar-refractivity contribution in [2.75, 3.05) is 13.7 Å². The summed E-state index contributed by atoms with van der Waals surface area (Å²) in [5, 5.41) is 1.91. The second-order valence-electron chi connectivity index (χ2n) is 6.46. The first-order chi connectivity index (χ1) is 11.8. The van der Waals surface area contributed by atoms with E-state index in [1.165, 1.54) is 7.11 Å². The molecule has 0 aliphatic heterocycles. The van der Waals surface area contributed by atoms with Gasteiger partial charge in [0.25, 0.3) is 0 Å². The van der Waals surface area contributed by atoms with Crippen molar-refractivity contribution in [2.45, 2.75) is 32.5 Å². The summed E-state index contributed by atoms with van der Waals surface area (Å²) < 4.78 is 9.88. The Labute approximate surface area is 146 Å². The molecule has 25 heavy (non-hydrogen) atoms. The molecular weight excluding hydrogens is 324 g/mol. The van der Waals surface area contributed by atoms with E-state index >= 15 is 0 Å². The van der Waals surface area contributed by atoms with Crippen molar-refractivity contribution >= 4 is 22.7 Å². The van der Waals surface area contributed by atoms with Crippen LogP contribution in [-0.4, -0.2) is 37.4 Å². The highest BCUT2D eigenvalue weighted by molar-refractivity contribution is 5.96. The molecule has 0 radical (unpaired) electrons. The first kappa shape index (κ1) is 18.9. The summed E-state index contributed by atoms with van der Waals surface area (Å²) in [4.78, 5) is 34.3. The van der Waals surface area contributed by atoms with Gasteiger partial charge < -0.3 is 9.47 Å². The quantitative estimate of drug-likeness (QED) is 0.454. The minimum Gasteiger partial charge on any atom is -0.466 e. The highest BCUT2D eigenvalue weighted by Crippen LogP contribution is 2.17. The number of hydrogen-bond acceptors (Lipinski definition) is 6. The van der Waals surface area contributed by atoms with Gasteiger partial charge in [0.15, 0.2) is 0 Å². The largest absolute Gasteiger partial charge is 0.466 e. The van der Waals surface area contributed by atoms with Crippen LogP contribution in [0.25, 0.3) is 10.8 Å². The fraction of sp³-hybridized carbons (Fsp3) is 0.368. The minimum absolute atomic E-state index is 0.261. The number of esters is 2. The van der Waals surface area contributed by atoms with Gasteiger partial charge in [0.1, 0.15) is 6.61 Å². The molecule has 0 spiro atoms. The van der Waals surface area contributed by atoms with E-state index < -0.39 is 23.6 Å². The van der Waals surface area contributed by atoms with Crippen LogP contribution in [0.15, 0.2) is 42.5 Å². The normalized spacial score (nSPS) is 12.6. The SMILES string of the molecule is COC(=O)[C@@H](COOC(C)(C)C)OC(=O)c1ccc2ccccc2c1. The molecule has 0 bridgehead atoms. The van der Waals surface area contributed by atoms with Gasteiger partial charge in [0, 0.05) is 0 Å². The fourth-order valence-corrected chi connectivity index (χ4v) is 2.07. The van der Waals surface area contributed by atoms with Gasteiger partial charge in [-0.25, -0.2) is 19.4 Å². The highest BCUT2D eigenvalue weighted by atomic mass is 17.2. The van der Waals surface area contributed by atoms with Crippen molar-refractivity contribution in [3.8, 4) is 0 Å². The zero-order valence-corrected chi connectivity index (χ0v) is 14.8. The summed E-state index contributed by atoms with van der Waals surface area (Å²) in [6, 6.07) is 12.8. The van der Waals surface area contributed by atoms with Gasteiger partial charge in [0.05, 0.1) is 18.3 Å². The molecule has 0 heterocycles. The van der Waals surface area contributed by atoms with E-state index in [2.05, 4.69) is 4.74 Å². The number of benzene rings is 2. The molecule has 134 valence electrons. The topological polar surface area (TPSA) is 71.1 Å². The van der Waals surface area contributed by atoms with E-state index in [9.17, 15) is 9.59 Å². The minimum atomic E-state index is -1.22.